The number of aliphatic imine (C=N–C) groups is 1. The van der Waals surface area contributed by atoms with E-state index in [2.05, 4.69) is 20.3 Å². The van der Waals surface area contributed by atoms with Crippen molar-refractivity contribution < 1.29 is 19.1 Å². The van der Waals surface area contributed by atoms with Crippen molar-refractivity contribution in [3.63, 3.8) is 0 Å². The quantitative estimate of drug-likeness (QED) is 0.428. The number of fused-ring (bicyclic) bond motifs is 3. The number of rotatable bonds is 5. The largest absolute Gasteiger partial charge is 0.387 e. The smallest absolute Gasteiger partial charge is 0.248 e. The number of hydrogen-bond donors (Lipinski definition) is 3. The van der Waals surface area contributed by atoms with Gasteiger partial charge in [0, 0.05) is 24.2 Å². The third-order valence-corrected chi connectivity index (χ3v) is 7.82. The van der Waals surface area contributed by atoms with Crippen LogP contribution in [-0.2, 0) is 4.79 Å². The van der Waals surface area contributed by atoms with Gasteiger partial charge in [-0.2, -0.15) is 14.7 Å². The molecule has 12 nitrogen and oxygen atoms in total. The number of H-pyrrole nitrogens is 1. The van der Waals surface area contributed by atoms with Crippen LogP contribution in [-0.4, -0.2) is 77.6 Å². The monoisotopic (exact) mass is 521 g/mol. The summed E-state index contributed by atoms with van der Waals surface area (Å²) in [7, 11) is 0. The topological polar surface area (TPSA) is 158 Å². The maximum atomic E-state index is 14.3. The Kier molecular flexibility index (Phi) is 5.74. The zero-order valence-electron chi connectivity index (χ0n) is 21.1. The predicted molar refractivity (Wildman–Crippen MR) is 136 cm³/mol. The number of nitrogens with one attached hydrogen (secondary N) is 1. The van der Waals surface area contributed by atoms with Gasteiger partial charge in [0.15, 0.2) is 17.2 Å². The van der Waals surface area contributed by atoms with Gasteiger partial charge in [0.1, 0.15) is 30.5 Å². The van der Waals surface area contributed by atoms with Crippen molar-refractivity contribution in [2.24, 2.45) is 4.99 Å². The van der Waals surface area contributed by atoms with Gasteiger partial charge in [-0.1, -0.05) is 0 Å². The highest BCUT2D eigenvalue weighted by Gasteiger charge is 2.44. The van der Waals surface area contributed by atoms with Crippen LogP contribution in [0.5, 0.6) is 0 Å². The molecule has 2 bridgehead atoms. The van der Waals surface area contributed by atoms with Gasteiger partial charge in [-0.3, -0.25) is 19.7 Å². The molecule has 198 valence electrons. The summed E-state index contributed by atoms with van der Waals surface area (Å²) < 4.78 is 15.8. The number of allylic oxidation sites excluding steroid dienone is 1. The molecular weight excluding hydrogens is 493 g/mol. The second kappa shape index (κ2) is 9.01. The third-order valence-electron chi connectivity index (χ3n) is 7.82. The minimum atomic E-state index is -0.507. The van der Waals surface area contributed by atoms with E-state index in [0.29, 0.717) is 46.8 Å². The number of aromatic nitrogens is 5. The van der Waals surface area contributed by atoms with Gasteiger partial charge >= 0.3 is 0 Å². The standard InChI is InChI=1S/C25H28FN9O3/c1-12-21(26)23(32-31-12)17-5-6-33(11-28-17)18-9-29-35-24(27)20(13(2)37)22(30-25(18)35)14-7-15-3-4-16(8-14)34(15)19(38)10-36/h5-6,9,14-16,36H,3-4,7-8,10-11,27H2,1-2H3,(H,31,32)/t14-,15+,16-. The van der Waals surface area contributed by atoms with Gasteiger partial charge in [-0.05, 0) is 45.6 Å². The lowest BCUT2D eigenvalue weighted by Crippen LogP contribution is -2.47. The molecule has 6 heterocycles. The van der Waals surface area contributed by atoms with E-state index in [0.717, 1.165) is 12.8 Å². The van der Waals surface area contributed by atoms with E-state index in [1.807, 2.05) is 4.90 Å². The lowest BCUT2D eigenvalue weighted by Gasteiger charge is -2.39. The average Bonchev–Trinajstić information content (AvgIpc) is 3.57. The Bertz CT molecular complexity index is 1510. The molecule has 0 saturated carbocycles. The van der Waals surface area contributed by atoms with E-state index in [1.54, 1.807) is 30.3 Å². The zero-order valence-corrected chi connectivity index (χ0v) is 21.1. The second-order valence-electron chi connectivity index (χ2n) is 10.1. The first-order chi connectivity index (χ1) is 18.3. The Morgan fingerprint density at radius 2 is 2.00 bits per heavy atom. The van der Waals surface area contributed by atoms with Crippen LogP contribution >= 0.6 is 0 Å². The Labute approximate surface area is 217 Å². The van der Waals surface area contributed by atoms with Crippen LogP contribution in [0, 0.1) is 12.7 Å². The van der Waals surface area contributed by atoms with E-state index in [-0.39, 0.29) is 47.9 Å². The van der Waals surface area contributed by atoms with E-state index < -0.39 is 12.4 Å². The number of ketones is 1. The van der Waals surface area contributed by atoms with Gasteiger partial charge in [0.2, 0.25) is 5.91 Å². The normalized spacial score (nSPS) is 22.8. The van der Waals surface area contributed by atoms with Crippen molar-refractivity contribution in [1.29, 1.82) is 0 Å². The lowest BCUT2D eigenvalue weighted by molar-refractivity contribution is -0.138. The molecule has 1 amide bonds. The third kappa shape index (κ3) is 3.68. The number of carbonyl (C=O) groups is 2. The molecule has 6 rings (SSSR count). The highest BCUT2D eigenvalue weighted by atomic mass is 19.1. The number of Topliss-reactive ketones (excluding diaryl/α,β-unsaturated/α-hetero) is 1. The first kappa shape index (κ1) is 24.2. The molecule has 3 aromatic rings. The van der Waals surface area contributed by atoms with Crippen LogP contribution in [0.15, 0.2) is 23.5 Å². The van der Waals surface area contributed by atoms with Crippen LogP contribution in [0.1, 0.15) is 66.0 Å². The number of aliphatic hydroxyl groups is 1. The van der Waals surface area contributed by atoms with Crippen molar-refractivity contribution in [3.8, 4) is 0 Å². The zero-order chi connectivity index (χ0) is 26.7. The Morgan fingerprint density at radius 1 is 1.26 bits per heavy atom. The minimum Gasteiger partial charge on any atom is -0.387 e. The number of piperidine rings is 1. The average molecular weight is 522 g/mol. The Balaban J connectivity index is 1.35. The molecule has 3 aliphatic rings. The lowest BCUT2D eigenvalue weighted by atomic mass is 9.85. The Hall–Kier alpha value is -4.13. The molecule has 3 aromatic heterocycles. The number of hydrogen-bond acceptors (Lipinski definition) is 9. The number of aliphatic hydroxyl groups excluding tert-OH is 1. The molecule has 3 atom stereocenters. The molecule has 0 unspecified atom stereocenters. The number of amides is 1. The Morgan fingerprint density at radius 3 is 2.58 bits per heavy atom. The van der Waals surface area contributed by atoms with Crippen molar-refractivity contribution in [2.45, 2.75) is 57.5 Å². The van der Waals surface area contributed by atoms with Crippen LogP contribution in [0.25, 0.3) is 5.65 Å². The summed E-state index contributed by atoms with van der Waals surface area (Å²) >= 11 is 0. The van der Waals surface area contributed by atoms with Crippen LogP contribution in [0.3, 0.4) is 0 Å². The number of nitrogens with two attached hydrogens (primary N) is 1. The number of nitrogens with zero attached hydrogens (tertiary/aromatic N) is 7. The number of carbonyl (C=O) groups excluding carboxylic acids is 2. The van der Waals surface area contributed by atoms with Gasteiger partial charge in [0.25, 0.3) is 0 Å². The highest BCUT2D eigenvalue weighted by Crippen LogP contribution is 2.44. The summed E-state index contributed by atoms with van der Waals surface area (Å²) in [5.74, 6) is -0.755. The molecule has 38 heavy (non-hydrogen) atoms. The van der Waals surface area contributed by atoms with Crippen molar-refractivity contribution in [3.05, 3.63) is 46.9 Å². The summed E-state index contributed by atoms with van der Waals surface area (Å²) in [6, 6.07) is -0.0172. The fourth-order valence-corrected chi connectivity index (χ4v) is 6.08. The molecule has 0 spiro atoms. The van der Waals surface area contributed by atoms with E-state index >= 15 is 0 Å². The summed E-state index contributed by atoms with van der Waals surface area (Å²) in [6.45, 7) is 2.75. The minimum absolute atomic E-state index is 0.00861. The summed E-state index contributed by atoms with van der Waals surface area (Å²) in [5, 5.41) is 20.4. The number of anilines is 2. The summed E-state index contributed by atoms with van der Waals surface area (Å²) in [4.78, 5) is 38.1. The molecule has 0 aliphatic carbocycles. The SMILES string of the molecule is CC(=O)c1c([C@H]2C[C@H]3CC[C@@H](C2)N3C(=O)CO)nc2c(N3C=CC(c4n[nH]c(C)c4F)=NC3)cnn2c1N. The number of nitrogen functional groups attached to an aromatic ring is 1. The van der Waals surface area contributed by atoms with Gasteiger partial charge in [-0.15, -0.1) is 0 Å². The van der Waals surface area contributed by atoms with Gasteiger partial charge in [-0.25, -0.2) is 9.37 Å². The van der Waals surface area contributed by atoms with E-state index in [9.17, 15) is 19.1 Å². The second-order valence-corrected chi connectivity index (χ2v) is 10.1. The molecule has 2 saturated heterocycles. The van der Waals surface area contributed by atoms with Gasteiger partial charge in [0.05, 0.1) is 28.9 Å². The maximum absolute atomic E-state index is 14.3. The van der Waals surface area contributed by atoms with E-state index in [4.69, 9.17) is 10.7 Å². The van der Waals surface area contributed by atoms with E-state index in [1.165, 1.54) is 11.4 Å². The number of halogens is 1. The summed E-state index contributed by atoms with van der Waals surface area (Å²) in [6.07, 6.45) is 8.04. The molecule has 0 aromatic carbocycles. The fraction of sp³-hybridized carbons (Fsp3) is 0.440. The first-order valence-electron chi connectivity index (χ1n) is 12.6. The first-order valence-corrected chi connectivity index (χ1v) is 12.6. The van der Waals surface area contributed by atoms with Crippen LogP contribution in [0.4, 0.5) is 15.9 Å². The van der Waals surface area contributed by atoms with Crippen LogP contribution in [0.2, 0.25) is 0 Å². The van der Waals surface area contributed by atoms with Crippen LogP contribution < -0.4 is 10.6 Å². The number of aromatic amines is 1. The molecule has 0 radical (unpaired) electrons. The predicted octanol–water partition coefficient (Wildman–Crippen LogP) is 1.69. The van der Waals surface area contributed by atoms with Crippen molar-refractivity contribution in [1.82, 2.24) is 29.7 Å². The van der Waals surface area contributed by atoms with Gasteiger partial charge < -0.3 is 20.6 Å². The fourth-order valence-electron chi connectivity index (χ4n) is 6.08. The molecule has 13 heteroatoms. The maximum Gasteiger partial charge on any atom is 0.248 e. The molecule has 3 aliphatic heterocycles. The number of aryl methyl sites for hydroxylation is 1. The van der Waals surface area contributed by atoms with Crippen molar-refractivity contribution in [2.75, 3.05) is 23.9 Å². The highest BCUT2D eigenvalue weighted by molar-refractivity contribution is 6.08. The molecular formula is C25H28FN9O3. The van der Waals surface area contributed by atoms with Crippen molar-refractivity contribution >= 4 is 34.6 Å². The molecule has 4 N–H and O–H groups in total. The molecule has 2 fully saturated rings. The summed E-state index contributed by atoms with van der Waals surface area (Å²) in [5.41, 5.74) is 9.49.